The Morgan fingerprint density at radius 2 is 1.82 bits per heavy atom. The lowest BCUT2D eigenvalue weighted by Crippen LogP contribution is -2.55. The molecular formula is C26H29FN4O2. The first-order valence-electron chi connectivity index (χ1n) is 11.1. The second-order valence-corrected chi connectivity index (χ2v) is 8.72. The Kier molecular flexibility index (Phi) is 6.60. The normalized spacial score (nSPS) is 18.2. The Balaban J connectivity index is 1.49. The smallest absolute Gasteiger partial charge is 0.253 e. The van der Waals surface area contributed by atoms with E-state index in [4.69, 9.17) is 10.5 Å². The summed E-state index contributed by atoms with van der Waals surface area (Å²) in [5.41, 5.74) is 10.1. The average molecular weight is 449 g/mol. The number of aryl methyl sites for hydroxylation is 1. The Morgan fingerprint density at radius 1 is 1.12 bits per heavy atom. The minimum absolute atomic E-state index is 0.0340. The van der Waals surface area contributed by atoms with E-state index < -0.39 is 0 Å². The van der Waals surface area contributed by atoms with Gasteiger partial charge in [-0.1, -0.05) is 18.2 Å². The van der Waals surface area contributed by atoms with Crippen LogP contribution in [-0.2, 0) is 6.61 Å². The van der Waals surface area contributed by atoms with E-state index in [1.165, 1.54) is 12.1 Å². The summed E-state index contributed by atoms with van der Waals surface area (Å²) in [5, 5.41) is 3.44. The molecule has 0 bridgehead atoms. The fourth-order valence-corrected chi connectivity index (χ4v) is 4.16. The van der Waals surface area contributed by atoms with E-state index in [1.54, 1.807) is 12.3 Å². The zero-order valence-corrected chi connectivity index (χ0v) is 19.1. The first-order valence-corrected chi connectivity index (χ1v) is 11.1. The first-order chi connectivity index (χ1) is 15.8. The van der Waals surface area contributed by atoms with E-state index in [9.17, 15) is 9.18 Å². The number of halogens is 1. The maximum atomic E-state index is 13.6. The number of carbonyl (C=O) groups excluding carboxylic acids is 1. The number of rotatable bonds is 5. The highest BCUT2D eigenvalue weighted by atomic mass is 19.1. The zero-order valence-electron chi connectivity index (χ0n) is 19.1. The lowest BCUT2D eigenvalue weighted by Gasteiger charge is -2.36. The number of nitrogens with one attached hydrogen (secondary N) is 1. The molecule has 6 nitrogen and oxygen atoms in total. The summed E-state index contributed by atoms with van der Waals surface area (Å²) in [6.45, 7) is 7.65. The van der Waals surface area contributed by atoms with E-state index in [1.807, 2.05) is 42.2 Å². The molecule has 7 heteroatoms. The van der Waals surface area contributed by atoms with Crippen LogP contribution < -0.4 is 15.8 Å². The Morgan fingerprint density at radius 3 is 2.52 bits per heavy atom. The second kappa shape index (κ2) is 9.58. The fourth-order valence-electron chi connectivity index (χ4n) is 4.16. The summed E-state index contributed by atoms with van der Waals surface area (Å²) in [7, 11) is 0. The van der Waals surface area contributed by atoms with Crippen LogP contribution in [0.2, 0.25) is 0 Å². The van der Waals surface area contributed by atoms with Gasteiger partial charge in [0, 0.05) is 42.5 Å². The zero-order chi connectivity index (χ0) is 23.5. The third-order valence-electron chi connectivity index (χ3n) is 5.89. The number of benzene rings is 2. The van der Waals surface area contributed by atoms with Crippen molar-refractivity contribution in [2.75, 3.05) is 18.8 Å². The number of pyridine rings is 1. The molecule has 1 aliphatic rings. The molecule has 2 unspecified atom stereocenters. The lowest BCUT2D eigenvalue weighted by atomic mass is 10.0. The van der Waals surface area contributed by atoms with E-state index >= 15 is 0 Å². The second-order valence-electron chi connectivity index (χ2n) is 8.72. The molecule has 2 aromatic carbocycles. The van der Waals surface area contributed by atoms with Crippen molar-refractivity contribution in [3.05, 3.63) is 77.2 Å². The monoisotopic (exact) mass is 448 g/mol. The predicted molar refractivity (Wildman–Crippen MR) is 128 cm³/mol. The summed E-state index contributed by atoms with van der Waals surface area (Å²) < 4.78 is 19.4. The van der Waals surface area contributed by atoms with Crippen molar-refractivity contribution < 1.29 is 13.9 Å². The molecule has 0 radical (unpaired) electrons. The van der Waals surface area contributed by atoms with Crippen LogP contribution >= 0.6 is 0 Å². The van der Waals surface area contributed by atoms with Gasteiger partial charge in [-0.3, -0.25) is 4.79 Å². The summed E-state index contributed by atoms with van der Waals surface area (Å²) >= 11 is 0. The Hall–Kier alpha value is -3.45. The van der Waals surface area contributed by atoms with Crippen molar-refractivity contribution in [3.63, 3.8) is 0 Å². The highest BCUT2D eigenvalue weighted by Crippen LogP contribution is 2.28. The molecular weight excluding hydrogens is 419 g/mol. The molecule has 3 aromatic rings. The molecule has 0 saturated carbocycles. The van der Waals surface area contributed by atoms with Gasteiger partial charge in [0.05, 0.1) is 0 Å². The maximum absolute atomic E-state index is 13.6. The number of ether oxygens (including phenoxy) is 1. The largest absolute Gasteiger partial charge is 0.485 e. The number of carbonyl (C=O) groups is 1. The molecule has 0 aliphatic carbocycles. The lowest BCUT2D eigenvalue weighted by molar-refractivity contribution is 0.0674. The van der Waals surface area contributed by atoms with Crippen molar-refractivity contribution in [2.24, 2.45) is 0 Å². The van der Waals surface area contributed by atoms with Gasteiger partial charge >= 0.3 is 0 Å². The molecule has 4 rings (SSSR count). The molecule has 3 N–H and O–H groups in total. The van der Waals surface area contributed by atoms with Crippen molar-refractivity contribution in [3.8, 4) is 16.9 Å². The van der Waals surface area contributed by atoms with E-state index in [0.29, 0.717) is 24.4 Å². The molecule has 2 heterocycles. The van der Waals surface area contributed by atoms with Gasteiger partial charge in [-0.2, -0.15) is 0 Å². The van der Waals surface area contributed by atoms with Gasteiger partial charge < -0.3 is 20.7 Å². The van der Waals surface area contributed by atoms with Crippen LogP contribution in [0.4, 0.5) is 10.2 Å². The van der Waals surface area contributed by atoms with Crippen LogP contribution in [0.25, 0.3) is 11.1 Å². The minimum Gasteiger partial charge on any atom is -0.485 e. The standard InChI is InChI=1S/C26H29FN4O2/c1-16-4-9-23(27)10-22(16)15-33-24-11-21(12-29-25(24)28)19-5-7-20(8-6-19)26(32)31-13-17(2)30-18(3)14-31/h4-12,17-18,30H,13-15H2,1-3H3,(H2,28,29). The van der Waals surface area contributed by atoms with Crippen molar-refractivity contribution in [2.45, 2.75) is 39.5 Å². The van der Waals surface area contributed by atoms with Crippen LogP contribution in [0, 0.1) is 12.7 Å². The number of piperazine rings is 1. The highest BCUT2D eigenvalue weighted by molar-refractivity contribution is 5.95. The fraction of sp³-hybridized carbons (Fsp3) is 0.308. The molecule has 172 valence electrons. The van der Waals surface area contributed by atoms with Gasteiger partial charge in [-0.15, -0.1) is 0 Å². The van der Waals surface area contributed by atoms with Crippen molar-refractivity contribution in [1.82, 2.24) is 15.2 Å². The minimum atomic E-state index is -0.307. The van der Waals surface area contributed by atoms with E-state index in [0.717, 1.165) is 22.3 Å². The van der Waals surface area contributed by atoms with Gasteiger partial charge in [-0.05, 0) is 67.8 Å². The Labute approximate surface area is 193 Å². The van der Waals surface area contributed by atoms with Gasteiger partial charge in [-0.25, -0.2) is 9.37 Å². The summed E-state index contributed by atoms with van der Waals surface area (Å²) in [6, 6.07) is 14.4. The predicted octanol–water partition coefficient (Wildman–Crippen LogP) is 4.18. The maximum Gasteiger partial charge on any atom is 0.253 e. The third kappa shape index (κ3) is 5.31. The molecule has 0 spiro atoms. The number of hydrogen-bond acceptors (Lipinski definition) is 5. The number of aromatic nitrogens is 1. The number of nitrogens with two attached hydrogens (primary N) is 1. The van der Waals surface area contributed by atoms with Crippen LogP contribution in [-0.4, -0.2) is 41.0 Å². The molecule has 1 aliphatic heterocycles. The SMILES string of the molecule is Cc1ccc(F)cc1COc1cc(-c2ccc(C(=O)N3CC(C)NC(C)C3)cc2)cnc1N. The quantitative estimate of drug-likeness (QED) is 0.612. The third-order valence-corrected chi connectivity index (χ3v) is 5.89. The summed E-state index contributed by atoms with van der Waals surface area (Å²) in [4.78, 5) is 19.1. The summed E-state index contributed by atoms with van der Waals surface area (Å²) in [5.74, 6) is 0.423. The highest BCUT2D eigenvalue weighted by Gasteiger charge is 2.25. The molecule has 2 atom stereocenters. The molecule has 1 fully saturated rings. The number of nitrogens with zero attached hydrogens (tertiary/aromatic N) is 2. The number of hydrogen-bond donors (Lipinski definition) is 2. The van der Waals surface area contributed by atoms with Gasteiger partial charge in [0.25, 0.3) is 5.91 Å². The average Bonchev–Trinajstić information content (AvgIpc) is 2.79. The van der Waals surface area contributed by atoms with Crippen LogP contribution in [0.15, 0.2) is 54.7 Å². The number of nitrogen functional groups attached to an aromatic ring is 1. The van der Waals surface area contributed by atoms with Crippen LogP contribution in [0.5, 0.6) is 5.75 Å². The van der Waals surface area contributed by atoms with Crippen molar-refractivity contribution >= 4 is 11.7 Å². The van der Waals surface area contributed by atoms with Gasteiger partial charge in [0.2, 0.25) is 0 Å². The molecule has 1 amide bonds. The molecule has 33 heavy (non-hydrogen) atoms. The van der Waals surface area contributed by atoms with Gasteiger partial charge in [0.15, 0.2) is 11.6 Å². The van der Waals surface area contributed by atoms with Crippen LogP contribution in [0.3, 0.4) is 0 Å². The summed E-state index contributed by atoms with van der Waals surface area (Å²) in [6.07, 6.45) is 1.67. The van der Waals surface area contributed by atoms with Gasteiger partial charge in [0.1, 0.15) is 12.4 Å². The number of amides is 1. The van der Waals surface area contributed by atoms with E-state index in [2.05, 4.69) is 24.1 Å². The van der Waals surface area contributed by atoms with Crippen LogP contribution in [0.1, 0.15) is 35.3 Å². The first kappa shape index (κ1) is 22.7. The Bertz CT molecular complexity index is 1140. The molecule has 1 saturated heterocycles. The molecule has 1 aromatic heterocycles. The number of anilines is 1. The topological polar surface area (TPSA) is 80.5 Å². The van der Waals surface area contributed by atoms with E-state index in [-0.39, 0.29) is 36.2 Å². The van der Waals surface area contributed by atoms with Crippen molar-refractivity contribution in [1.29, 1.82) is 0 Å².